The van der Waals surface area contributed by atoms with Crippen LogP contribution in [-0.4, -0.2) is 15.6 Å². The Morgan fingerprint density at radius 1 is 1.29 bits per heavy atom. The Balaban J connectivity index is 2.60. The van der Waals surface area contributed by atoms with Crippen LogP contribution in [0, 0.1) is 13.8 Å². The van der Waals surface area contributed by atoms with Crippen molar-refractivity contribution in [3.05, 3.63) is 51.8 Å². The van der Waals surface area contributed by atoms with Crippen LogP contribution in [0.1, 0.15) is 21.7 Å². The van der Waals surface area contributed by atoms with Crippen LogP contribution in [0.4, 0.5) is 0 Å². The third-order valence-corrected chi connectivity index (χ3v) is 3.52. The number of rotatable bonds is 2. The van der Waals surface area contributed by atoms with Crippen molar-refractivity contribution in [1.82, 2.24) is 4.57 Å². The van der Waals surface area contributed by atoms with Crippen LogP contribution in [0.15, 0.2) is 34.8 Å². The molecule has 0 aliphatic rings. The molecule has 88 valence electrons. The quantitative estimate of drug-likeness (QED) is 0.920. The van der Waals surface area contributed by atoms with Crippen molar-refractivity contribution in [2.45, 2.75) is 13.8 Å². The maximum absolute atomic E-state index is 10.9. The molecule has 0 aliphatic heterocycles. The van der Waals surface area contributed by atoms with Crippen molar-refractivity contribution in [2.75, 3.05) is 0 Å². The summed E-state index contributed by atoms with van der Waals surface area (Å²) in [5, 5.41) is 8.98. The Morgan fingerprint density at radius 3 is 2.53 bits per heavy atom. The van der Waals surface area contributed by atoms with Gasteiger partial charge >= 0.3 is 5.97 Å². The average Bonchev–Trinajstić information content (AvgIpc) is 2.53. The lowest BCUT2D eigenvalue weighted by molar-refractivity contribution is 0.0697. The number of aromatic carboxylic acids is 1. The average molecular weight is 294 g/mol. The van der Waals surface area contributed by atoms with Crippen LogP contribution in [0.2, 0.25) is 0 Å². The van der Waals surface area contributed by atoms with Gasteiger partial charge in [-0.3, -0.25) is 0 Å². The van der Waals surface area contributed by atoms with E-state index in [1.165, 1.54) is 0 Å². The fraction of sp³-hybridized carbons (Fsp3) is 0.154. The molecule has 2 aromatic rings. The molecule has 0 fully saturated rings. The molecule has 0 spiro atoms. The molecule has 3 nitrogen and oxygen atoms in total. The fourth-order valence-electron chi connectivity index (χ4n) is 1.90. The van der Waals surface area contributed by atoms with Crippen molar-refractivity contribution in [3.8, 4) is 5.69 Å². The highest BCUT2D eigenvalue weighted by Gasteiger charge is 2.10. The van der Waals surface area contributed by atoms with Gasteiger partial charge in [-0.1, -0.05) is 6.07 Å². The standard InChI is InChI=1S/C13H12BrNO2/c1-8-6-12(14)9(2)15(8)11-5-3-4-10(7-11)13(16)17/h3-7H,1-2H3,(H,16,17). The molecule has 0 saturated carbocycles. The van der Waals surface area contributed by atoms with Crippen molar-refractivity contribution in [3.63, 3.8) is 0 Å². The summed E-state index contributed by atoms with van der Waals surface area (Å²) in [4.78, 5) is 10.9. The van der Waals surface area contributed by atoms with Crippen LogP contribution in [0.25, 0.3) is 5.69 Å². The SMILES string of the molecule is Cc1cc(Br)c(C)n1-c1cccc(C(=O)O)c1. The number of carbonyl (C=O) groups is 1. The molecule has 0 amide bonds. The van der Waals surface area contributed by atoms with E-state index in [1.54, 1.807) is 18.2 Å². The Labute approximate surface area is 108 Å². The van der Waals surface area contributed by atoms with Gasteiger partial charge in [0.2, 0.25) is 0 Å². The minimum atomic E-state index is -0.909. The minimum absolute atomic E-state index is 0.297. The van der Waals surface area contributed by atoms with Crippen LogP contribution in [-0.2, 0) is 0 Å². The number of aromatic nitrogens is 1. The second kappa shape index (κ2) is 4.37. The van der Waals surface area contributed by atoms with Gasteiger partial charge in [0, 0.05) is 21.5 Å². The van der Waals surface area contributed by atoms with Crippen molar-refractivity contribution in [1.29, 1.82) is 0 Å². The highest BCUT2D eigenvalue weighted by atomic mass is 79.9. The molecule has 0 radical (unpaired) electrons. The van der Waals surface area contributed by atoms with Gasteiger partial charge in [-0.15, -0.1) is 0 Å². The molecule has 4 heteroatoms. The van der Waals surface area contributed by atoms with Gasteiger partial charge in [-0.05, 0) is 54.0 Å². The molecule has 1 aromatic carbocycles. The van der Waals surface area contributed by atoms with Crippen molar-refractivity contribution in [2.24, 2.45) is 0 Å². The van der Waals surface area contributed by atoms with E-state index >= 15 is 0 Å². The number of aryl methyl sites for hydroxylation is 1. The maximum atomic E-state index is 10.9. The number of hydrogen-bond acceptors (Lipinski definition) is 1. The molecule has 2 rings (SSSR count). The van der Waals surface area contributed by atoms with Crippen LogP contribution in [0.3, 0.4) is 0 Å². The Morgan fingerprint density at radius 2 is 2.00 bits per heavy atom. The molecule has 1 heterocycles. The highest BCUT2D eigenvalue weighted by molar-refractivity contribution is 9.10. The number of benzene rings is 1. The predicted octanol–water partition coefficient (Wildman–Crippen LogP) is 3.55. The van der Waals surface area contributed by atoms with E-state index < -0.39 is 5.97 Å². The van der Waals surface area contributed by atoms with Gasteiger partial charge in [-0.25, -0.2) is 4.79 Å². The number of carboxylic acids is 1. The lowest BCUT2D eigenvalue weighted by Crippen LogP contribution is -2.02. The molecule has 17 heavy (non-hydrogen) atoms. The van der Waals surface area contributed by atoms with E-state index in [2.05, 4.69) is 15.9 Å². The van der Waals surface area contributed by atoms with Crippen LogP contribution < -0.4 is 0 Å². The molecule has 0 aliphatic carbocycles. The zero-order valence-electron chi connectivity index (χ0n) is 9.57. The molecule has 0 unspecified atom stereocenters. The summed E-state index contributed by atoms with van der Waals surface area (Å²) in [6, 6.07) is 8.94. The topological polar surface area (TPSA) is 42.2 Å². The molecular formula is C13H12BrNO2. The smallest absolute Gasteiger partial charge is 0.335 e. The summed E-state index contributed by atoms with van der Waals surface area (Å²) >= 11 is 3.47. The Hall–Kier alpha value is -1.55. The third-order valence-electron chi connectivity index (χ3n) is 2.72. The van der Waals surface area contributed by atoms with Gasteiger partial charge in [0.1, 0.15) is 0 Å². The summed E-state index contributed by atoms with van der Waals surface area (Å²) in [7, 11) is 0. The highest BCUT2D eigenvalue weighted by Crippen LogP contribution is 2.25. The minimum Gasteiger partial charge on any atom is -0.478 e. The second-order valence-corrected chi connectivity index (χ2v) is 4.76. The van der Waals surface area contributed by atoms with E-state index in [1.807, 2.05) is 30.5 Å². The molecule has 1 aromatic heterocycles. The summed E-state index contributed by atoms with van der Waals surface area (Å²) < 4.78 is 3.05. The van der Waals surface area contributed by atoms with Gasteiger partial charge < -0.3 is 9.67 Å². The lowest BCUT2D eigenvalue weighted by atomic mass is 10.2. The number of nitrogens with zero attached hydrogens (tertiary/aromatic N) is 1. The number of carboxylic acid groups (broad SMARTS) is 1. The van der Waals surface area contributed by atoms with Gasteiger partial charge in [-0.2, -0.15) is 0 Å². The Kier molecular flexibility index (Phi) is 3.07. The molecular weight excluding hydrogens is 282 g/mol. The first-order chi connectivity index (χ1) is 8.00. The lowest BCUT2D eigenvalue weighted by Gasteiger charge is -2.10. The van der Waals surface area contributed by atoms with E-state index in [0.717, 1.165) is 21.5 Å². The zero-order chi connectivity index (χ0) is 12.6. The van der Waals surface area contributed by atoms with Crippen LogP contribution in [0.5, 0.6) is 0 Å². The zero-order valence-corrected chi connectivity index (χ0v) is 11.2. The van der Waals surface area contributed by atoms with Crippen LogP contribution >= 0.6 is 15.9 Å². The molecule has 0 bridgehead atoms. The third kappa shape index (κ3) is 2.13. The van der Waals surface area contributed by atoms with Gasteiger partial charge in [0.25, 0.3) is 0 Å². The Bertz CT molecular complexity index is 587. The first-order valence-electron chi connectivity index (χ1n) is 5.19. The summed E-state index contributed by atoms with van der Waals surface area (Å²) in [6.07, 6.45) is 0. The van der Waals surface area contributed by atoms with E-state index in [4.69, 9.17) is 5.11 Å². The van der Waals surface area contributed by atoms with Gasteiger partial charge in [0.05, 0.1) is 5.56 Å². The molecule has 0 saturated heterocycles. The number of hydrogen-bond donors (Lipinski definition) is 1. The summed E-state index contributed by atoms with van der Waals surface area (Å²) in [5.41, 5.74) is 3.29. The van der Waals surface area contributed by atoms with E-state index in [0.29, 0.717) is 5.56 Å². The van der Waals surface area contributed by atoms with E-state index in [-0.39, 0.29) is 0 Å². The number of halogens is 1. The fourth-order valence-corrected chi connectivity index (χ4v) is 2.41. The van der Waals surface area contributed by atoms with Crippen molar-refractivity contribution >= 4 is 21.9 Å². The first-order valence-corrected chi connectivity index (χ1v) is 5.98. The van der Waals surface area contributed by atoms with E-state index in [9.17, 15) is 4.79 Å². The molecule has 1 N–H and O–H groups in total. The first kappa shape index (κ1) is 11.9. The van der Waals surface area contributed by atoms with Crippen molar-refractivity contribution < 1.29 is 9.90 Å². The van der Waals surface area contributed by atoms with Gasteiger partial charge in [0.15, 0.2) is 0 Å². The maximum Gasteiger partial charge on any atom is 0.335 e. The predicted molar refractivity (Wildman–Crippen MR) is 69.9 cm³/mol. The largest absolute Gasteiger partial charge is 0.478 e. The normalized spacial score (nSPS) is 10.5. The molecule has 0 atom stereocenters. The second-order valence-electron chi connectivity index (χ2n) is 3.91. The summed E-state index contributed by atoms with van der Waals surface area (Å²) in [5.74, 6) is -0.909. The monoisotopic (exact) mass is 293 g/mol. The summed E-state index contributed by atoms with van der Waals surface area (Å²) in [6.45, 7) is 3.98.